The van der Waals surface area contributed by atoms with Crippen LogP contribution in [0.1, 0.15) is 47.0 Å². The van der Waals surface area contributed by atoms with Crippen molar-refractivity contribution in [2.45, 2.75) is 65.3 Å². The molecule has 0 radical (unpaired) electrons. The van der Waals surface area contributed by atoms with Gasteiger partial charge in [-0.15, -0.1) is 0 Å². The monoisotopic (exact) mass is 450 g/mol. The van der Waals surface area contributed by atoms with Gasteiger partial charge >= 0.3 is 11.9 Å². The van der Waals surface area contributed by atoms with Gasteiger partial charge in [-0.1, -0.05) is 38.2 Å². The number of hydrogen-bond donors (Lipinski definition) is 3. The van der Waals surface area contributed by atoms with Crippen molar-refractivity contribution in [3.63, 3.8) is 0 Å². The van der Waals surface area contributed by atoms with Crippen molar-refractivity contribution in [1.29, 1.82) is 0 Å². The van der Waals surface area contributed by atoms with Gasteiger partial charge < -0.3 is 24.8 Å². The number of carbonyl (C=O) groups is 2. The summed E-state index contributed by atoms with van der Waals surface area (Å²) >= 11 is 0. The third-order valence-corrected chi connectivity index (χ3v) is 5.50. The zero-order valence-corrected chi connectivity index (χ0v) is 19.6. The van der Waals surface area contributed by atoms with E-state index < -0.39 is 30.3 Å². The molecule has 0 aromatic heterocycles. The lowest BCUT2D eigenvalue weighted by molar-refractivity contribution is -0.164. The second kappa shape index (κ2) is 14.0. The van der Waals surface area contributed by atoms with Crippen LogP contribution in [-0.2, 0) is 19.1 Å². The lowest BCUT2D eigenvalue weighted by atomic mass is 9.86. The molecule has 1 heterocycles. The van der Waals surface area contributed by atoms with Crippen molar-refractivity contribution in [2.75, 3.05) is 13.2 Å². The van der Waals surface area contributed by atoms with E-state index in [9.17, 15) is 19.8 Å². The van der Waals surface area contributed by atoms with Crippen LogP contribution in [-0.4, -0.2) is 58.8 Å². The average molecular weight is 451 g/mol. The Balaban J connectivity index is 2.76. The summed E-state index contributed by atoms with van der Waals surface area (Å²) in [5, 5.41) is 27.9. The third-order valence-electron chi connectivity index (χ3n) is 5.50. The number of aliphatic hydroxyl groups is 3. The maximum absolute atomic E-state index is 12.3. The summed E-state index contributed by atoms with van der Waals surface area (Å²) in [5.74, 6) is -1.09. The first-order valence-corrected chi connectivity index (χ1v) is 11.1. The standard InChI is InChI=1S/C25H38O7/c1-16(14-21(15-27)10-11-26)6-8-23(29)31-22-7-9-24(30)32-25(22)19(4)13-17(2)12-18(3)20(5)28/h6-9,14,17,19-22,25-28H,3,10-13,15H2,1-2,4-5H3/b8-6+,16-14+/t17-,19-,20+,21-,22+,25+/m0/s1. The van der Waals surface area contributed by atoms with Crippen molar-refractivity contribution in [3.8, 4) is 0 Å². The van der Waals surface area contributed by atoms with E-state index in [1.165, 1.54) is 12.2 Å². The molecule has 180 valence electrons. The fraction of sp³-hybridized carbons (Fsp3) is 0.600. The summed E-state index contributed by atoms with van der Waals surface area (Å²) in [4.78, 5) is 24.2. The predicted molar refractivity (Wildman–Crippen MR) is 122 cm³/mol. The minimum absolute atomic E-state index is 0.0289. The normalized spacial score (nSPS) is 22.8. The van der Waals surface area contributed by atoms with Crippen LogP contribution < -0.4 is 0 Å². The molecule has 0 aliphatic carbocycles. The molecule has 7 nitrogen and oxygen atoms in total. The van der Waals surface area contributed by atoms with Gasteiger partial charge in [0.15, 0.2) is 6.10 Å². The number of esters is 2. The predicted octanol–water partition coefficient (Wildman–Crippen LogP) is 2.86. The molecule has 0 aromatic carbocycles. The summed E-state index contributed by atoms with van der Waals surface area (Å²) < 4.78 is 11.0. The molecule has 0 unspecified atom stereocenters. The van der Waals surface area contributed by atoms with Gasteiger partial charge in [0.05, 0.1) is 6.10 Å². The van der Waals surface area contributed by atoms with Gasteiger partial charge in [0.2, 0.25) is 0 Å². The quantitative estimate of drug-likeness (QED) is 0.171. The smallest absolute Gasteiger partial charge is 0.331 e. The molecule has 0 amide bonds. The average Bonchev–Trinajstić information content (AvgIpc) is 2.72. The van der Waals surface area contributed by atoms with Gasteiger partial charge in [-0.2, -0.15) is 0 Å². The Labute approximate surface area is 191 Å². The molecule has 1 aliphatic heterocycles. The number of ether oxygens (including phenoxy) is 2. The first-order chi connectivity index (χ1) is 15.1. The topological polar surface area (TPSA) is 113 Å². The summed E-state index contributed by atoms with van der Waals surface area (Å²) in [6.45, 7) is 11.2. The Hall–Kier alpha value is -2.22. The van der Waals surface area contributed by atoms with Crippen LogP contribution in [0.15, 0.2) is 48.1 Å². The second-order valence-corrected chi connectivity index (χ2v) is 8.72. The van der Waals surface area contributed by atoms with Crippen molar-refractivity contribution in [1.82, 2.24) is 0 Å². The van der Waals surface area contributed by atoms with Crippen molar-refractivity contribution in [2.24, 2.45) is 17.8 Å². The highest BCUT2D eigenvalue weighted by atomic mass is 16.6. The zero-order chi connectivity index (χ0) is 24.3. The highest BCUT2D eigenvalue weighted by Crippen LogP contribution is 2.28. The van der Waals surface area contributed by atoms with Gasteiger partial charge in [-0.3, -0.25) is 0 Å². The van der Waals surface area contributed by atoms with E-state index in [1.807, 2.05) is 13.8 Å². The van der Waals surface area contributed by atoms with Crippen LogP contribution in [0.2, 0.25) is 0 Å². The molecule has 0 bridgehead atoms. The Morgan fingerprint density at radius 3 is 2.56 bits per heavy atom. The van der Waals surface area contributed by atoms with Gasteiger partial charge in [0.25, 0.3) is 0 Å². The molecule has 7 heteroatoms. The number of aliphatic hydroxyl groups excluding tert-OH is 3. The van der Waals surface area contributed by atoms with Gasteiger partial charge in [-0.25, -0.2) is 9.59 Å². The number of cyclic esters (lactones) is 1. The SMILES string of the molecule is C=C(C[C@H](C)C[C@H](C)[C@H]1OC(=O)C=C[C@H]1OC(=O)/C=C/C(C)=C/[C@@H](CO)CCO)[C@@H](C)O. The van der Waals surface area contributed by atoms with Gasteiger partial charge in [-0.05, 0) is 56.6 Å². The third kappa shape index (κ3) is 9.94. The molecule has 1 aliphatic rings. The maximum atomic E-state index is 12.3. The Kier molecular flexibility index (Phi) is 12.2. The number of carbonyl (C=O) groups excluding carboxylic acids is 2. The Morgan fingerprint density at radius 2 is 1.97 bits per heavy atom. The van der Waals surface area contributed by atoms with Crippen LogP contribution >= 0.6 is 0 Å². The maximum Gasteiger partial charge on any atom is 0.331 e. The van der Waals surface area contributed by atoms with Crippen LogP contribution in [0, 0.1) is 17.8 Å². The first-order valence-electron chi connectivity index (χ1n) is 11.1. The summed E-state index contributed by atoms with van der Waals surface area (Å²) in [7, 11) is 0. The molecule has 0 spiro atoms. The van der Waals surface area contributed by atoms with Crippen molar-refractivity contribution < 1.29 is 34.4 Å². The van der Waals surface area contributed by atoms with Crippen molar-refractivity contribution >= 4 is 11.9 Å². The van der Waals surface area contributed by atoms with E-state index >= 15 is 0 Å². The zero-order valence-electron chi connectivity index (χ0n) is 19.6. The molecule has 0 saturated heterocycles. The molecule has 3 N–H and O–H groups in total. The van der Waals surface area contributed by atoms with Crippen molar-refractivity contribution in [3.05, 3.63) is 48.1 Å². The van der Waals surface area contributed by atoms with E-state index in [0.29, 0.717) is 19.3 Å². The lowest BCUT2D eigenvalue weighted by Gasteiger charge is -2.32. The summed E-state index contributed by atoms with van der Waals surface area (Å²) in [6, 6.07) is 0. The summed E-state index contributed by atoms with van der Waals surface area (Å²) in [5.41, 5.74) is 1.52. The van der Waals surface area contributed by atoms with E-state index in [4.69, 9.17) is 14.6 Å². The molecule has 6 atom stereocenters. The minimum atomic E-state index is -0.698. The van der Waals surface area contributed by atoms with Crippen LogP contribution in [0.5, 0.6) is 0 Å². The highest BCUT2D eigenvalue weighted by molar-refractivity contribution is 5.85. The number of hydrogen-bond acceptors (Lipinski definition) is 7. The van der Waals surface area contributed by atoms with Crippen LogP contribution in [0.4, 0.5) is 0 Å². The summed E-state index contributed by atoms with van der Waals surface area (Å²) in [6.07, 6.45) is 7.39. The van der Waals surface area contributed by atoms with Gasteiger partial charge in [0, 0.05) is 31.3 Å². The second-order valence-electron chi connectivity index (χ2n) is 8.72. The lowest BCUT2D eigenvalue weighted by Crippen LogP contribution is -2.41. The molecular formula is C25H38O7. The highest BCUT2D eigenvalue weighted by Gasteiger charge is 2.34. The Morgan fingerprint density at radius 1 is 1.28 bits per heavy atom. The number of allylic oxidation sites excluding steroid dienone is 2. The molecule has 0 saturated carbocycles. The first kappa shape index (κ1) is 27.8. The van der Waals surface area contributed by atoms with E-state index in [2.05, 4.69) is 6.58 Å². The molecular weight excluding hydrogens is 412 g/mol. The largest absolute Gasteiger partial charge is 0.455 e. The van der Waals surface area contributed by atoms with Gasteiger partial charge in [0.1, 0.15) is 6.10 Å². The van der Waals surface area contributed by atoms with E-state index in [0.717, 1.165) is 11.1 Å². The minimum Gasteiger partial charge on any atom is -0.455 e. The molecule has 0 aromatic rings. The fourth-order valence-corrected chi connectivity index (χ4v) is 3.73. The molecule has 1 rings (SSSR count). The fourth-order valence-electron chi connectivity index (χ4n) is 3.73. The molecule has 0 fully saturated rings. The van der Waals surface area contributed by atoms with E-state index in [-0.39, 0.29) is 31.0 Å². The number of rotatable bonds is 13. The van der Waals surface area contributed by atoms with Crippen LogP contribution in [0.25, 0.3) is 0 Å². The Bertz CT molecular complexity index is 720. The van der Waals surface area contributed by atoms with E-state index in [1.54, 1.807) is 32.1 Å². The molecule has 32 heavy (non-hydrogen) atoms. The van der Waals surface area contributed by atoms with Crippen LogP contribution in [0.3, 0.4) is 0 Å².